The van der Waals surface area contributed by atoms with Crippen molar-refractivity contribution in [3.63, 3.8) is 0 Å². The fourth-order valence-electron chi connectivity index (χ4n) is 9.51. The van der Waals surface area contributed by atoms with Crippen molar-refractivity contribution in [3.8, 4) is 11.1 Å². The first-order valence-corrected chi connectivity index (χ1v) is 23.9. The number of anilines is 3. The van der Waals surface area contributed by atoms with Gasteiger partial charge in [-0.05, 0) is 79.7 Å². The van der Waals surface area contributed by atoms with E-state index in [2.05, 4.69) is 223 Å². The molecule has 1 nitrogen and oxygen atoms in total. The van der Waals surface area contributed by atoms with Crippen LogP contribution in [0.3, 0.4) is 0 Å². The first-order valence-electron chi connectivity index (χ1n) is 19.4. The second-order valence-electron chi connectivity index (χ2n) is 14.8. The average Bonchev–Trinajstić information content (AvgIpc) is 3.27. The Hall–Kier alpha value is -6.18. The molecule has 0 fully saturated rings. The zero-order valence-electron chi connectivity index (χ0n) is 30.7. The lowest BCUT2D eigenvalue weighted by Crippen LogP contribution is -2.87. The molecule has 9 aromatic rings. The highest BCUT2D eigenvalue weighted by Crippen LogP contribution is 2.40. The van der Waals surface area contributed by atoms with E-state index in [0.29, 0.717) is 0 Å². The van der Waals surface area contributed by atoms with Gasteiger partial charge in [0.05, 0.1) is 5.69 Å². The van der Waals surface area contributed by atoms with Crippen molar-refractivity contribution in [2.75, 3.05) is 4.90 Å². The van der Waals surface area contributed by atoms with Crippen LogP contribution in [0.25, 0.3) is 21.9 Å². The molecular formula is C52H37NSSi2. The molecule has 2 aliphatic rings. The Morgan fingerprint density at radius 3 is 1.70 bits per heavy atom. The molecule has 9 aromatic carbocycles. The van der Waals surface area contributed by atoms with Gasteiger partial charge in [-0.15, -0.1) is 0 Å². The number of hydrogen-bond acceptors (Lipinski definition) is 2. The minimum absolute atomic E-state index is 1.14. The van der Waals surface area contributed by atoms with Crippen molar-refractivity contribution in [3.05, 3.63) is 218 Å². The molecule has 56 heavy (non-hydrogen) atoms. The van der Waals surface area contributed by atoms with E-state index in [-0.39, 0.29) is 0 Å². The van der Waals surface area contributed by atoms with Crippen LogP contribution in [0, 0.1) is 0 Å². The maximum Gasteiger partial charge on any atom is 0.181 e. The largest absolute Gasteiger partial charge is 0.310 e. The number of nitrogens with zero attached hydrogens (tertiary/aromatic N) is 1. The van der Waals surface area contributed by atoms with E-state index >= 15 is 0 Å². The molecule has 11 rings (SSSR count). The summed E-state index contributed by atoms with van der Waals surface area (Å²) in [6.45, 7) is 0. The standard InChI is InChI=1S/C52H37NSSi2/c1-3-16-37(17-4-1)38-30-32-40(33-31-38)53(44-23-15-19-39-18-7-8-22-43(39)44)41-34-35-48-52(36-41)56(49-27-12-9-24-45(49)54-46-25-10-13-28-50(46)56)51-29-14-11-26-47(51)55(48)42-20-5-2-6-21-42/h1-36,55H. The summed E-state index contributed by atoms with van der Waals surface area (Å²) in [5.41, 5.74) is 5.95. The van der Waals surface area contributed by atoms with Gasteiger partial charge in [0, 0.05) is 26.6 Å². The zero-order valence-corrected chi connectivity index (χ0v) is 33.7. The molecule has 2 aliphatic heterocycles. The van der Waals surface area contributed by atoms with Crippen LogP contribution < -0.4 is 41.2 Å². The van der Waals surface area contributed by atoms with E-state index in [1.807, 2.05) is 11.8 Å². The Labute approximate surface area is 335 Å². The zero-order chi connectivity index (χ0) is 37.1. The van der Waals surface area contributed by atoms with Crippen molar-refractivity contribution in [2.24, 2.45) is 0 Å². The van der Waals surface area contributed by atoms with Crippen molar-refractivity contribution < 1.29 is 0 Å². The van der Waals surface area contributed by atoms with Gasteiger partial charge >= 0.3 is 0 Å². The van der Waals surface area contributed by atoms with Crippen molar-refractivity contribution >= 4 is 92.8 Å². The van der Waals surface area contributed by atoms with Crippen molar-refractivity contribution in [2.45, 2.75) is 9.79 Å². The van der Waals surface area contributed by atoms with E-state index in [1.165, 1.54) is 63.8 Å². The monoisotopic (exact) mass is 763 g/mol. The van der Waals surface area contributed by atoms with Gasteiger partial charge < -0.3 is 4.90 Å². The molecule has 0 saturated carbocycles. The topological polar surface area (TPSA) is 3.24 Å². The smallest absolute Gasteiger partial charge is 0.181 e. The molecule has 1 atom stereocenters. The van der Waals surface area contributed by atoms with Crippen LogP contribution in [0.2, 0.25) is 0 Å². The Morgan fingerprint density at radius 1 is 0.393 bits per heavy atom. The lowest BCUT2D eigenvalue weighted by Gasteiger charge is -2.46. The molecule has 1 spiro atoms. The van der Waals surface area contributed by atoms with E-state index in [4.69, 9.17) is 0 Å². The molecule has 0 amide bonds. The number of benzene rings is 9. The predicted molar refractivity (Wildman–Crippen MR) is 244 cm³/mol. The van der Waals surface area contributed by atoms with E-state index < -0.39 is 16.9 Å². The van der Waals surface area contributed by atoms with Crippen LogP contribution in [-0.2, 0) is 0 Å². The molecular weight excluding hydrogens is 727 g/mol. The highest BCUT2D eigenvalue weighted by atomic mass is 32.2. The summed E-state index contributed by atoms with van der Waals surface area (Å²) in [5.74, 6) is 0. The van der Waals surface area contributed by atoms with Gasteiger partial charge in [-0.25, -0.2) is 0 Å². The van der Waals surface area contributed by atoms with Crippen LogP contribution in [0.1, 0.15) is 0 Å². The fraction of sp³-hybridized carbons (Fsp3) is 0. The maximum absolute atomic E-state index is 2.83. The summed E-state index contributed by atoms with van der Waals surface area (Å²) >= 11 is 1.94. The summed E-state index contributed by atoms with van der Waals surface area (Å²) in [6, 6.07) is 82.4. The average molecular weight is 764 g/mol. The Balaban J connectivity index is 1.23. The quantitative estimate of drug-likeness (QED) is 0.162. The lowest BCUT2D eigenvalue weighted by molar-refractivity contribution is 1.30. The fourth-order valence-corrected chi connectivity index (χ4v) is 21.9. The minimum Gasteiger partial charge on any atom is -0.310 e. The molecule has 0 aliphatic carbocycles. The van der Waals surface area contributed by atoms with Gasteiger partial charge in [0.1, 0.15) is 8.80 Å². The predicted octanol–water partition coefficient (Wildman–Crippen LogP) is 8.38. The Bertz CT molecular complexity index is 2860. The van der Waals surface area contributed by atoms with Crippen LogP contribution in [0.15, 0.2) is 228 Å². The minimum atomic E-state index is -2.83. The SMILES string of the molecule is c1ccc(-c2ccc(N(c3ccc4c(c3)[Si]3(c5ccccc5Sc5ccccc53)c3ccccc3[SiH]4c3ccccc3)c3cccc4ccccc34)cc2)cc1. The summed E-state index contributed by atoms with van der Waals surface area (Å²) in [4.78, 5) is 5.27. The van der Waals surface area contributed by atoms with Crippen molar-refractivity contribution in [1.82, 2.24) is 0 Å². The van der Waals surface area contributed by atoms with Gasteiger partial charge in [0.2, 0.25) is 0 Å². The summed E-state index contributed by atoms with van der Waals surface area (Å²) in [5, 5.41) is 13.1. The van der Waals surface area contributed by atoms with Gasteiger partial charge in [0.25, 0.3) is 0 Å². The molecule has 264 valence electrons. The van der Waals surface area contributed by atoms with Crippen LogP contribution in [0.5, 0.6) is 0 Å². The number of hydrogen-bond donors (Lipinski definition) is 0. The first kappa shape index (κ1) is 33.2. The molecule has 4 heteroatoms. The van der Waals surface area contributed by atoms with Crippen LogP contribution >= 0.6 is 11.8 Å². The second kappa shape index (κ2) is 13.5. The highest BCUT2D eigenvalue weighted by molar-refractivity contribution is 8.00. The third-order valence-electron chi connectivity index (χ3n) is 11.9. The second-order valence-corrected chi connectivity index (χ2v) is 22.3. The van der Waals surface area contributed by atoms with E-state index in [0.717, 1.165) is 5.69 Å². The molecule has 1 unspecified atom stereocenters. The van der Waals surface area contributed by atoms with Gasteiger partial charge in [-0.3, -0.25) is 0 Å². The molecule has 0 bridgehead atoms. The first-order chi connectivity index (χ1) is 27.8. The maximum atomic E-state index is 2.62. The van der Waals surface area contributed by atoms with Crippen LogP contribution in [0.4, 0.5) is 17.1 Å². The third-order valence-corrected chi connectivity index (χ3v) is 22.2. The number of rotatable bonds is 5. The van der Waals surface area contributed by atoms with Crippen molar-refractivity contribution in [1.29, 1.82) is 0 Å². The molecule has 0 saturated heterocycles. The Kier molecular flexibility index (Phi) is 8.02. The third kappa shape index (κ3) is 5.14. The molecule has 0 N–H and O–H groups in total. The highest BCUT2D eigenvalue weighted by Gasteiger charge is 2.53. The van der Waals surface area contributed by atoms with Gasteiger partial charge in [0.15, 0.2) is 8.07 Å². The number of fused-ring (bicyclic) bond motifs is 9. The summed E-state index contributed by atoms with van der Waals surface area (Å²) < 4.78 is 0. The summed E-state index contributed by atoms with van der Waals surface area (Å²) in [6.07, 6.45) is 0. The lowest BCUT2D eigenvalue weighted by atomic mass is 10.0. The van der Waals surface area contributed by atoms with Gasteiger partial charge in [-0.2, -0.15) is 0 Å². The van der Waals surface area contributed by atoms with E-state index in [1.54, 1.807) is 15.6 Å². The summed E-state index contributed by atoms with van der Waals surface area (Å²) in [7, 11) is -4.70. The molecule has 0 radical (unpaired) electrons. The molecule has 2 heterocycles. The Morgan fingerprint density at radius 2 is 0.946 bits per heavy atom. The normalized spacial score (nSPS) is 14.7. The van der Waals surface area contributed by atoms with Gasteiger partial charge in [-0.1, -0.05) is 203 Å². The van der Waals surface area contributed by atoms with E-state index in [9.17, 15) is 0 Å². The molecule has 0 aromatic heterocycles. The van der Waals surface area contributed by atoms with Crippen LogP contribution in [-0.4, -0.2) is 16.9 Å².